The van der Waals surface area contributed by atoms with Crippen molar-refractivity contribution in [1.82, 2.24) is 9.97 Å². The lowest BCUT2D eigenvalue weighted by Gasteiger charge is -1.85. The molecule has 0 spiro atoms. The number of aromatic nitrogens is 2. The number of fused-ring (bicyclic) bond motifs is 1. The van der Waals surface area contributed by atoms with Crippen molar-refractivity contribution in [2.75, 3.05) is 0 Å². The SMILES string of the molecule is O=c1[c]ncc2ccccc2n1. The summed E-state index contributed by atoms with van der Waals surface area (Å²) < 4.78 is 0. The Hall–Kier alpha value is -1.77. The topological polar surface area (TPSA) is 42.9 Å². The van der Waals surface area contributed by atoms with Crippen molar-refractivity contribution in [1.29, 1.82) is 0 Å². The van der Waals surface area contributed by atoms with Gasteiger partial charge in [-0.2, -0.15) is 0 Å². The lowest BCUT2D eigenvalue weighted by molar-refractivity contribution is 1.24. The van der Waals surface area contributed by atoms with E-state index in [1.165, 1.54) is 0 Å². The predicted octanol–water partition coefficient (Wildman–Crippen LogP) is 0.790. The van der Waals surface area contributed by atoms with E-state index in [0.717, 1.165) is 5.39 Å². The lowest BCUT2D eigenvalue weighted by atomic mass is 10.2. The molecule has 0 bridgehead atoms. The molecule has 0 amide bonds. The van der Waals surface area contributed by atoms with Crippen molar-refractivity contribution < 1.29 is 0 Å². The van der Waals surface area contributed by atoms with Gasteiger partial charge in [0.25, 0.3) is 5.56 Å². The molecule has 57 valence electrons. The molecular formula is C9H5N2O. The van der Waals surface area contributed by atoms with Crippen molar-refractivity contribution in [3.63, 3.8) is 0 Å². The quantitative estimate of drug-likeness (QED) is 0.567. The Labute approximate surface area is 68.7 Å². The van der Waals surface area contributed by atoms with Gasteiger partial charge in [0, 0.05) is 11.6 Å². The predicted molar refractivity (Wildman–Crippen MR) is 44.6 cm³/mol. The summed E-state index contributed by atoms with van der Waals surface area (Å²) in [7, 11) is 0. The van der Waals surface area contributed by atoms with E-state index in [1.54, 1.807) is 12.3 Å². The average Bonchev–Trinajstić information content (AvgIpc) is 2.25. The fraction of sp³-hybridized carbons (Fsp3) is 0. The molecule has 1 aromatic carbocycles. The molecule has 0 unspecified atom stereocenters. The summed E-state index contributed by atoms with van der Waals surface area (Å²) in [5, 5.41) is 0.843. The maximum absolute atomic E-state index is 10.9. The van der Waals surface area contributed by atoms with Gasteiger partial charge in [0.1, 0.15) is 0 Å². The van der Waals surface area contributed by atoms with Crippen LogP contribution < -0.4 is 5.56 Å². The number of nitrogens with zero attached hydrogens (tertiary/aromatic N) is 2. The highest BCUT2D eigenvalue weighted by molar-refractivity contribution is 5.76. The zero-order valence-corrected chi connectivity index (χ0v) is 6.19. The van der Waals surface area contributed by atoms with Gasteiger partial charge in [-0.25, -0.2) is 9.97 Å². The van der Waals surface area contributed by atoms with Crippen molar-refractivity contribution in [3.8, 4) is 0 Å². The molecular weight excluding hydrogens is 152 g/mol. The number of hydrogen-bond acceptors (Lipinski definition) is 3. The molecule has 0 saturated heterocycles. The summed E-state index contributed by atoms with van der Waals surface area (Å²) in [6, 6.07) is 7.32. The Morgan fingerprint density at radius 1 is 1.25 bits per heavy atom. The molecule has 0 fully saturated rings. The number of hydrogen-bond donors (Lipinski definition) is 0. The summed E-state index contributed by atoms with van der Waals surface area (Å²) in [6.45, 7) is 0. The molecule has 0 atom stereocenters. The molecule has 0 saturated carbocycles. The highest BCUT2D eigenvalue weighted by Gasteiger charge is 1.90. The van der Waals surface area contributed by atoms with Crippen LogP contribution in [0.2, 0.25) is 0 Å². The molecule has 2 aromatic rings. The van der Waals surface area contributed by atoms with E-state index >= 15 is 0 Å². The van der Waals surface area contributed by atoms with E-state index in [1.807, 2.05) is 18.2 Å². The van der Waals surface area contributed by atoms with Crippen LogP contribution in [0.4, 0.5) is 0 Å². The molecule has 1 radical (unpaired) electrons. The minimum absolute atomic E-state index is 0.434. The number of para-hydroxylation sites is 1. The van der Waals surface area contributed by atoms with E-state index in [0.29, 0.717) is 5.52 Å². The first-order valence-electron chi connectivity index (χ1n) is 3.50. The Kier molecular flexibility index (Phi) is 1.55. The fourth-order valence-electron chi connectivity index (χ4n) is 0.990. The molecule has 3 nitrogen and oxygen atoms in total. The highest BCUT2D eigenvalue weighted by atomic mass is 16.1. The van der Waals surface area contributed by atoms with Crippen LogP contribution in [0.5, 0.6) is 0 Å². The second-order valence-corrected chi connectivity index (χ2v) is 2.35. The molecule has 2 rings (SSSR count). The molecule has 0 aliphatic carbocycles. The first kappa shape index (κ1) is 6.91. The normalized spacial score (nSPS) is 10.0. The standard InChI is InChI=1S/C9H5N2O/c12-9-6-10-5-7-3-1-2-4-8(7)11-9/h1-5H. The summed E-state index contributed by atoms with van der Waals surface area (Å²) >= 11 is 0. The van der Waals surface area contributed by atoms with Gasteiger partial charge < -0.3 is 0 Å². The van der Waals surface area contributed by atoms with Gasteiger partial charge in [-0.3, -0.25) is 4.79 Å². The van der Waals surface area contributed by atoms with E-state index < -0.39 is 5.56 Å². The van der Waals surface area contributed by atoms with Gasteiger partial charge in [0.05, 0.1) is 5.52 Å². The Bertz CT molecular complexity index is 468. The van der Waals surface area contributed by atoms with Crippen LogP contribution in [0.15, 0.2) is 35.3 Å². The Morgan fingerprint density at radius 2 is 2.08 bits per heavy atom. The van der Waals surface area contributed by atoms with E-state index in [9.17, 15) is 4.79 Å². The largest absolute Gasteiger partial charge is 0.298 e. The third kappa shape index (κ3) is 1.16. The van der Waals surface area contributed by atoms with Crippen molar-refractivity contribution in [2.45, 2.75) is 0 Å². The van der Waals surface area contributed by atoms with Gasteiger partial charge in [-0.1, -0.05) is 18.2 Å². The summed E-state index contributed by atoms with van der Waals surface area (Å²) in [4.78, 5) is 18.3. The van der Waals surface area contributed by atoms with Gasteiger partial charge in [0.2, 0.25) is 0 Å². The molecule has 1 heterocycles. The number of benzene rings is 1. The first-order valence-corrected chi connectivity index (χ1v) is 3.50. The van der Waals surface area contributed by atoms with Crippen molar-refractivity contribution in [2.24, 2.45) is 0 Å². The highest BCUT2D eigenvalue weighted by Crippen LogP contribution is 2.04. The first-order chi connectivity index (χ1) is 5.86. The fourth-order valence-corrected chi connectivity index (χ4v) is 0.990. The van der Waals surface area contributed by atoms with Gasteiger partial charge in [-0.15, -0.1) is 0 Å². The Morgan fingerprint density at radius 3 is 3.00 bits per heavy atom. The van der Waals surface area contributed by atoms with E-state index in [4.69, 9.17) is 0 Å². The molecule has 0 aliphatic rings. The maximum atomic E-state index is 10.9. The van der Waals surface area contributed by atoms with Crippen LogP contribution in [0.3, 0.4) is 0 Å². The molecule has 3 heteroatoms. The Balaban J connectivity index is 2.98. The van der Waals surface area contributed by atoms with E-state index in [2.05, 4.69) is 16.2 Å². The minimum atomic E-state index is -0.434. The zero-order chi connectivity index (χ0) is 8.39. The van der Waals surface area contributed by atoms with Gasteiger partial charge >= 0.3 is 0 Å². The van der Waals surface area contributed by atoms with Crippen LogP contribution in [0, 0.1) is 6.20 Å². The van der Waals surface area contributed by atoms with Gasteiger partial charge in [0.15, 0.2) is 6.20 Å². The average molecular weight is 157 g/mol. The number of rotatable bonds is 0. The lowest BCUT2D eigenvalue weighted by Crippen LogP contribution is -1.99. The summed E-state index contributed by atoms with van der Waals surface area (Å²) in [5.41, 5.74) is 0.215. The molecule has 12 heavy (non-hydrogen) atoms. The third-order valence-electron chi connectivity index (χ3n) is 1.52. The third-order valence-corrected chi connectivity index (χ3v) is 1.52. The second kappa shape index (κ2) is 2.70. The molecule has 1 aromatic heterocycles. The maximum Gasteiger partial charge on any atom is 0.298 e. The minimum Gasteiger partial charge on any atom is -0.265 e. The second-order valence-electron chi connectivity index (χ2n) is 2.35. The van der Waals surface area contributed by atoms with Crippen molar-refractivity contribution >= 4 is 10.9 Å². The monoisotopic (exact) mass is 157 g/mol. The van der Waals surface area contributed by atoms with Crippen LogP contribution in [0.25, 0.3) is 10.9 Å². The molecule has 0 N–H and O–H groups in total. The summed E-state index contributed by atoms with van der Waals surface area (Å²) in [6.07, 6.45) is 3.83. The van der Waals surface area contributed by atoms with Crippen LogP contribution >= 0.6 is 0 Å². The van der Waals surface area contributed by atoms with E-state index in [-0.39, 0.29) is 0 Å². The molecule has 0 aliphatic heterocycles. The van der Waals surface area contributed by atoms with Crippen LogP contribution in [0.1, 0.15) is 0 Å². The van der Waals surface area contributed by atoms with Crippen LogP contribution in [-0.2, 0) is 0 Å². The van der Waals surface area contributed by atoms with Crippen LogP contribution in [-0.4, -0.2) is 9.97 Å². The summed E-state index contributed by atoms with van der Waals surface area (Å²) in [5.74, 6) is 0. The van der Waals surface area contributed by atoms with Crippen molar-refractivity contribution in [3.05, 3.63) is 47.0 Å². The van der Waals surface area contributed by atoms with Gasteiger partial charge in [-0.05, 0) is 6.07 Å². The zero-order valence-electron chi connectivity index (χ0n) is 6.19. The smallest absolute Gasteiger partial charge is 0.265 e.